The van der Waals surface area contributed by atoms with Crippen molar-refractivity contribution in [2.75, 3.05) is 7.05 Å². The molecule has 0 heterocycles. The van der Waals surface area contributed by atoms with Crippen molar-refractivity contribution >= 4 is 15.7 Å². The maximum atomic E-state index is 12.7. The first kappa shape index (κ1) is 18.2. The molecule has 1 N–H and O–H groups in total. The van der Waals surface area contributed by atoms with E-state index >= 15 is 0 Å². The van der Waals surface area contributed by atoms with Crippen LogP contribution in [0.1, 0.15) is 26.3 Å². The van der Waals surface area contributed by atoms with Gasteiger partial charge in [-0.25, -0.2) is 8.42 Å². The third kappa shape index (κ3) is 3.22. The number of hydrogen-bond donors (Lipinski definition) is 1. The molecule has 0 aliphatic carbocycles. The predicted molar refractivity (Wildman–Crippen MR) is 96.6 cm³/mol. The smallest absolute Gasteiger partial charge is 0.241 e. The lowest BCUT2D eigenvalue weighted by Crippen LogP contribution is -2.46. The van der Waals surface area contributed by atoms with Gasteiger partial charge >= 0.3 is 0 Å². The summed E-state index contributed by atoms with van der Waals surface area (Å²) in [5, 5.41) is 2.41. The molecule has 4 nitrogen and oxygen atoms in total. The zero-order valence-corrected chi connectivity index (χ0v) is 15.3. The van der Waals surface area contributed by atoms with Crippen molar-refractivity contribution in [2.45, 2.75) is 36.8 Å². The van der Waals surface area contributed by atoms with E-state index in [0.717, 1.165) is 17.5 Å². The second-order valence-electron chi connectivity index (χ2n) is 6.17. The third-order valence-corrected chi connectivity index (χ3v) is 6.73. The molecule has 128 valence electrons. The molecule has 2 rings (SSSR count). The monoisotopic (exact) mass is 345 g/mol. The summed E-state index contributed by atoms with van der Waals surface area (Å²) in [6.07, 6.45) is 0.978. The molecular formula is C19H23NO3S. The lowest BCUT2D eigenvalue weighted by atomic mass is 10.0. The van der Waals surface area contributed by atoms with Gasteiger partial charge in [-0.3, -0.25) is 4.79 Å². The van der Waals surface area contributed by atoms with Crippen LogP contribution in [-0.4, -0.2) is 26.1 Å². The maximum absolute atomic E-state index is 12.7. The van der Waals surface area contributed by atoms with E-state index in [1.165, 1.54) is 26.5 Å². The van der Waals surface area contributed by atoms with E-state index < -0.39 is 20.5 Å². The van der Waals surface area contributed by atoms with Crippen molar-refractivity contribution in [3.05, 3.63) is 54.1 Å². The van der Waals surface area contributed by atoms with E-state index in [1.807, 2.05) is 12.1 Å². The number of rotatable bonds is 5. The van der Waals surface area contributed by atoms with Crippen LogP contribution in [0, 0.1) is 0 Å². The van der Waals surface area contributed by atoms with E-state index in [2.05, 4.69) is 24.4 Å². The van der Waals surface area contributed by atoms with Gasteiger partial charge in [-0.15, -0.1) is 0 Å². The van der Waals surface area contributed by atoms with Crippen molar-refractivity contribution in [3.8, 4) is 11.1 Å². The largest absolute Gasteiger partial charge is 0.358 e. The first-order chi connectivity index (χ1) is 11.2. The molecule has 0 saturated heterocycles. The summed E-state index contributed by atoms with van der Waals surface area (Å²) in [4.78, 5) is 12.1. The Hall–Kier alpha value is -2.14. The summed E-state index contributed by atoms with van der Waals surface area (Å²) in [5.74, 6) is -0.526. The van der Waals surface area contributed by atoms with Crippen LogP contribution in [0.4, 0.5) is 0 Å². The number of hydrogen-bond acceptors (Lipinski definition) is 3. The van der Waals surface area contributed by atoms with Crippen LogP contribution in [-0.2, 0) is 21.1 Å². The number of carbonyl (C=O) groups excluding carboxylic acids is 1. The number of carbonyl (C=O) groups is 1. The zero-order chi connectivity index (χ0) is 18.0. The summed E-state index contributed by atoms with van der Waals surface area (Å²) in [5.41, 5.74) is 3.22. The Bertz CT molecular complexity index is 820. The standard InChI is InChI=1S/C19H23NO3S/c1-5-14-6-8-15(9-7-14)16-10-12-17(13-11-16)24(22,23)19(2,3)18(21)20-4/h6-13H,5H2,1-4H3,(H,20,21). The predicted octanol–water partition coefficient (Wildman–Crippen LogP) is 3.21. The Morgan fingerprint density at radius 3 is 1.83 bits per heavy atom. The van der Waals surface area contributed by atoms with Gasteiger partial charge in [-0.05, 0) is 49.1 Å². The number of nitrogens with one attached hydrogen (secondary N) is 1. The van der Waals surface area contributed by atoms with Gasteiger partial charge in [0, 0.05) is 7.05 Å². The van der Waals surface area contributed by atoms with Crippen LogP contribution in [0.25, 0.3) is 11.1 Å². The van der Waals surface area contributed by atoms with Crippen LogP contribution in [0.2, 0.25) is 0 Å². The molecule has 0 bridgehead atoms. The maximum Gasteiger partial charge on any atom is 0.241 e. The molecule has 0 saturated carbocycles. The lowest BCUT2D eigenvalue weighted by molar-refractivity contribution is -0.122. The van der Waals surface area contributed by atoms with E-state index in [9.17, 15) is 13.2 Å². The Morgan fingerprint density at radius 1 is 0.958 bits per heavy atom. The summed E-state index contributed by atoms with van der Waals surface area (Å²) >= 11 is 0. The van der Waals surface area contributed by atoms with Crippen molar-refractivity contribution in [1.82, 2.24) is 5.32 Å². The van der Waals surface area contributed by atoms with Gasteiger partial charge < -0.3 is 5.32 Å². The summed E-state index contributed by atoms with van der Waals surface area (Å²) in [7, 11) is -2.34. The number of aryl methyl sites for hydroxylation is 1. The average molecular weight is 345 g/mol. The molecule has 0 aliphatic rings. The van der Waals surface area contributed by atoms with Crippen molar-refractivity contribution < 1.29 is 13.2 Å². The van der Waals surface area contributed by atoms with Crippen LogP contribution in [0.15, 0.2) is 53.4 Å². The quantitative estimate of drug-likeness (QED) is 0.905. The highest BCUT2D eigenvalue weighted by atomic mass is 32.2. The second kappa shape index (κ2) is 6.77. The highest BCUT2D eigenvalue weighted by molar-refractivity contribution is 7.93. The highest BCUT2D eigenvalue weighted by Gasteiger charge is 2.42. The normalized spacial score (nSPS) is 12.0. The fourth-order valence-corrected chi connectivity index (χ4v) is 3.91. The van der Waals surface area contributed by atoms with Crippen LogP contribution in [0.5, 0.6) is 0 Å². The van der Waals surface area contributed by atoms with Gasteiger partial charge in [0.2, 0.25) is 5.91 Å². The molecule has 2 aromatic carbocycles. The van der Waals surface area contributed by atoms with Gasteiger partial charge in [0.05, 0.1) is 4.90 Å². The van der Waals surface area contributed by atoms with Gasteiger partial charge in [0.15, 0.2) is 9.84 Å². The van der Waals surface area contributed by atoms with Gasteiger partial charge in [0.1, 0.15) is 4.75 Å². The number of benzene rings is 2. The first-order valence-electron chi connectivity index (χ1n) is 7.90. The Labute approximate surface area is 143 Å². The molecule has 0 radical (unpaired) electrons. The summed E-state index contributed by atoms with van der Waals surface area (Å²) in [6, 6.07) is 14.8. The SMILES string of the molecule is CCc1ccc(-c2ccc(S(=O)(=O)C(C)(C)C(=O)NC)cc2)cc1. The Morgan fingerprint density at radius 2 is 1.42 bits per heavy atom. The van der Waals surface area contributed by atoms with Crippen LogP contribution < -0.4 is 5.32 Å². The molecule has 0 unspecified atom stereocenters. The molecule has 0 aromatic heterocycles. The first-order valence-corrected chi connectivity index (χ1v) is 9.38. The fraction of sp³-hybridized carbons (Fsp3) is 0.316. The van der Waals surface area contributed by atoms with Gasteiger partial charge in [-0.1, -0.05) is 43.3 Å². The molecule has 2 aromatic rings. The molecular weight excluding hydrogens is 322 g/mol. The molecule has 5 heteroatoms. The second-order valence-corrected chi connectivity index (χ2v) is 8.67. The summed E-state index contributed by atoms with van der Waals surface area (Å²) < 4.78 is 23.9. The van der Waals surface area contributed by atoms with E-state index in [4.69, 9.17) is 0 Å². The minimum atomic E-state index is -3.77. The minimum Gasteiger partial charge on any atom is -0.358 e. The minimum absolute atomic E-state index is 0.144. The molecule has 0 aliphatic heterocycles. The van der Waals surface area contributed by atoms with Crippen molar-refractivity contribution in [2.24, 2.45) is 0 Å². The number of sulfone groups is 1. The third-order valence-electron chi connectivity index (χ3n) is 4.31. The van der Waals surface area contributed by atoms with E-state index in [0.29, 0.717) is 0 Å². The molecule has 0 atom stereocenters. The van der Waals surface area contributed by atoms with Gasteiger partial charge in [-0.2, -0.15) is 0 Å². The number of amides is 1. The van der Waals surface area contributed by atoms with E-state index in [-0.39, 0.29) is 4.90 Å². The summed E-state index contributed by atoms with van der Waals surface area (Å²) in [6.45, 7) is 4.93. The Kier molecular flexibility index (Phi) is 5.13. The molecule has 1 amide bonds. The van der Waals surface area contributed by atoms with Crippen LogP contribution >= 0.6 is 0 Å². The van der Waals surface area contributed by atoms with E-state index in [1.54, 1.807) is 24.3 Å². The topological polar surface area (TPSA) is 63.2 Å². The average Bonchev–Trinajstić information content (AvgIpc) is 2.61. The van der Waals surface area contributed by atoms with Crippen molar-refractivity contribution in [3.63, 3.8) is 0 Å². The fourth-order valence-electron chi connectivity index (χ4n) is 2.48. The molecule has 0 spiro atoms. The molecule has 24 heavy (non-hydrogen) atoms. The van der Waals surface area contributed by atoms with Crippen LogP contribution in [0.3, 0.4) is 0 Å². The van der Waals surface area contributed by atoms with Crippen molar-refractivity contribution in [1.29, 1.82) is 0 Å². The van der Waals surface area contributed by atoms with Gasteiger partial charge in [0.25, 0.3) is 0 Å². The molecule has 0 fully saturated rings. The zero-order valence-electron chi connectivity index (χ0n) is 14.5. The lowest BCUT2D eigenvalue weighted by Gasteiger charge is -2.23. The highest BCUT2D eigenvalue weighted by Crippen LogP contribution is 2.28. The Balaban J connectivity index is 2.36.